The standard InChI is InChI=1S/C9H7BrOS/c1-11-9-8(10)6-4-2-3-5-7(6)12-9/h2-5H,1H3. The fourth-order valence-electron chi connectivity index (χ4n) is 1.12. The normalized spacial score (nSPS) is 10.5. The molecule has 12 heavy (non-hydrogen) atoms. The molecule has 2 rings (SSSR count). The van der Waals surface area contributed by atoms with Gasteiger partial charge in [0.15, 0.2) is 5.06 Å². The maximum Gasteiger partial charge on any atom is 0.189 e. The Labute approximate surface area is 83.1 Å². The number of rotatable bonds is 1. The average Bonchev–Trinajstić information content (AvgIpc) is 2.44. The molecule has 1 aromatic heterocycles. The molecule has 1 aromatic carbocycles. The fraction of sp³-hybridized carbons (Fsp3) is 0.111. The minimum Gasteiger partial charge on any atom is -0.486 e. The van der Waals surface area contributed by atoms with Crippen molar-refractivity contribution in [2.45, 2.75) is 0 Å². The maximum atomic E-state index is 5.20. The van der Waals surface area contributed by atoms with Crippen molar-refractivity contribution >= 4 is 37.4 Å². The lowest BCUT2D eigenvalue weighted by Gasteiger charge is -1.92. The molecule has 2 aromatic rings. The minimum absolute atomic E-state index is 0.941. The molecule has 0 fully saturated rings. The van der Waals surface area contributed by atoms with Crippen LogP contribution in [-0.4, -0.2) is 7.11 Å². The van der Waals surface area contributed by atoms with E-state index >= 15 is 0 Å². The van der Waals surface area contributed by atoms with Crippen molar-refractivity contribution in [1.82, 2.24) is 0 Å². The largest absolute Gasteiger partial charge is 0.486 e. The number of hydrogen-bond donors (Lipinski definition) is 0. The first kappa shape index (κ1) is 8.08. The van der Waals surface area contributed by atoms with Crippen LogP contribution in [0.25, 0.3) is 10.1 Å². The van der Waals surface area contributed by atoms with Crippen LogP contribution in [-0.2, 0) is 0 Å². The Morgan fingerprint density at radius 2 is 2.08 bits per heavy atom. The van der Waals surface area contributed by atoms with Crippen molar-refractivity contribution in [3.8, 4) is 5.06 Å². The van der Waals surface area contributed by atoms with E-state index in [2.05, 4.69) is 28.1 Å². The summed E-state index contributed by atoms with van der Waals surface area (Å²) in [6, 6.07) is 8.23. The molecule has 1 nitrogen and oxygen atoms in total. The third-order valence-corrected chi connectivity index (χ3v) is 3.87. The number of hydrogen-bond acceptors (Lipinski definition) is 2. The van der Waals surface area contributed by atoms with Gasteiger partial charge in [0.2, 0.25) is 0 Å². The van der Waals surface area contributed by atoms with Crippen LogP contribution in [0.2, 0.25) is 0 Å². The Morgan fingerprint density at radius 3 is 2.75 bits per heavy atom. The van der Waals surface area contributed by atoms with E-state index in [0.717, 1.165) is 9.54 Å². The summed E-state index contributed by atoms with van der Waals surface area (Å²) in [5.41, 5.74) is 0. The summed E-state index contributed by atoms with van der Waals surface area (Å²) < 4.78 is 7.51. The van der Waals surface area contributed by atoms with Crippen molar-refractivity contribution in [2.24, 2.45) is 0 Å². The molecule has 0 spiro atoms. The zero-order chi connectivity index (χ0) is 8.55. The minimum atomic E-state index is 0.941. The number of ether oxygens (including phenoxy) is 1. The Bertz CT molecular complexity index is 408. The van der Waals surface area contributed by atoms with Crippen LogP contribution in [0.5, 0.6) is 5.06 Å². The fourth-order valence-corrected chi connectivity index (χ4v) is 2.91. The highest BCUT2D eigenvalue weighted by molar-refractivity contribution is 9.10. The predicted octanol–water partition coefficient (Wildman–Crippen LogP) is 3.67. The molecule has 0 bridgehead atoms. The summed E-state index contributed by atoms with van der Waals surface area (Å²) in [6.45, 7) is 0. The van der Waals surface area contributed by atoms with Crippen LogP contribution in [0.1, 0.15) is 0 Å². The topological polar surface area (TPSA) is 9.23 Å². The van der Waals surface area contributed by atoms with E-state index in [0.29, 0.717) is 0 Å². The second-order valence-corrected chi connectivity index (χ2v) is 4.21. The van der Waals surface area contributed by atoms with Gasteiger partial charge in [-0.3, -0.25) is 0 Å². The van der Waals surface area contributed by atoms with Gasteiger partial charge in [0, 0.05) is 10.1 Å². The van der Waals surface area contributed by atoms with Crippen molar-refractivity contribution < 1.29 is 4.74 Å². The van der Waals surface area contributed by atoms with Gasteiger partial charge in [0.25, 0.3) is 0 Å². The molecular formula is C9H7BrOS. The maximum absolute atomic E-state index is 5.20. The van der Waals surface area contributed by atoms with E-state index in [4.69, 9.17) is 4.74 Å². The Hall–Kier alpha value is -0.540. The number of thiophene rings is 1. The summed E-state index contributed by atoms with van der Waals surface area (Å²) in [7, 11) is 1.69. The highest BCUT2D eigenvalue weighted by Gasteiger charge is 2.08. The second kappa shape index (κ2) is 3.07. The first-order valence-electron chi connectivity index (χ1n) is 3.54. The molecular weight excluding hydrogens is 236 g/mol. The molecule has 0 saturated carbocycles. The van der Waals surface area contributed by atoms with Gasteiger partial charge in [-0.25, -0.2) is 0 Å². The first-order chi connectivity index (χ1) is 5.83. The van der Waals surface area contributed by atoms with Gasteiger partial charge in [-0.1, -0.05) is 29.5 Å². The highest BCUT2D eigenvalue weighted by atomic mass is 79.9. The molecule has 0 saturated heterocycles. The van der Waals surface area contributed by atoms with Crippen LogP contribution in [0.15, 0.2) is 28.7 Å². The van der Waals surface area contributed by atoms with Crippen LogP contribution < -0.4 is 4.74 Å². The number of benzene rings is 1. The van der Waals surface area contributed by atoms with Gasteiger partial charge in [-0.05, 0) is 22.0 Å². The molecule has 1 heterocycles. The third-order valence-electron chi connectivity index (χ3n) is 1.69. The van der Waals surface area contributed by atoms with Gasteiger partial charge in [0.05, 0.1) is 11.6 Å². The number of methoxy groups -OCH3 is 1. The molecule has 0 aliphatic carbocycles. The molecule has 0 amide bonds. The smallest absolute Gasteiger partial charge is 0.189 e. The van der Waals surface area contributed by atoms with Crippen LogP contribution in [0.4, 0.5) is 0 Å². The molecule has 0 atom stereocenters. The van der Waals surface area contributed by atoms with Crippen LogP contribution >= 0.6 is 27.3 Å². The third kappa shape index (κ3) is 1.13. The van der Waals surface area contributed by atoms with E-state index in [-0.39, 0.29) is 0 Å². The van der Waals surface area contributed by atoms with Gasteiger partial charge in [-0.2, -0.15) is 0 Å². The van der Waals surface area contributed by atoms with Crippen molar-refractivity contribution in [2.75, 3.05) is 7.11 Å². The lowest BCUT2D eigenvalue weighted by atomic mass is 10.3. The molecule has 3 heteroatoms. The van der Waals surface area contributed by atoms with Gasteiger partial charge < -0.3 is 4.74 Å². The van der Waals surface area contributed by atoms with Crippen LogP contribution in [0, 0.1) is 0 Å². The second-order valence-electron chi connectivity index (χ2n) is 2.40. The zero-order valence-electron chi connectivity index (χ0n) is 6.50. The van der Waals surface area contributed by atoms with Crippen molar-refractivity contribution in [3.05, 3.63) is 28.7 Å². The first-order valence-corrected chi connectivity index (χ1v) is 5.15. The summed E-state index contributed by atoms with van der Waals surface area (Å²) in [4.78, 5) is 0. The van der Waals surface area contributed by atoms with E-state index < -0.39 is 0 Å². The van der Waals surface area contributed by atoms with Gasteiger partial charge in [0.1, 0.15) is 0 Å². The SMILES string of the molecule is COc1sc2ccccc2c1Br. The lowest BCUT2D eigenvalue weighted by Crippen LogP contribution is -1.76. The molecule has 0 aliphatic rings. The zero-order valence-corrected chi connectivity index (χ0v) is 8.91. The Morgan fingerprint density at radius 1 is 1.33 bits per heavy atom. The molecule has 0 N–H and O–H groups in total. The Kier molecular flexibility index (Phi) is 2.07. The van der Waals surface area contributed by atoms with E-state index in [9.17, 15) is 0 Å². The van der Waals surface area contributed by atoms with E-state index in [1.165, 1.54) is 10.1 Å². The molecule has 0 radical (unpaired) electrons. The van der Waals surface area contributed by atoms with Crippen molar-refractivity contribution in [1.29, 1.82) is 0 Å². The summed E-state index contributed by atoms with van der Waals surface area (Å²) in [6.07, 6.45) is 0. The number of halogens is 1. The lowest BCUT2D eigenvalue weighted by molar-refractivity contribution is 0.425. The summed E-state index contributed by atoms with van der Waals surface area (Å²) in [5.74, 6) is 0. The van der Waals surface area contributed by atoms with Crippen LogP contribution in [0.3, 0.4) is 0 Å². The Balaban J connectivity index is 2.78. The van der Waals surface area contributed by atoms with Crippen molar-refractivity contribution in [3.63, 3.8) is 0 Å². The van der Waals surface area contributed by atoms with Gasteiger partial charge >= 0.3 is 0 Å². The van der Waals surface area contributed by atoms with E-state index in [1.54, 1.807) is 18.4 Å². The summed E-state index contributed by atoms with van der Waals surface area (Å²) in [5, 5.41) is 2.16. The molecule has 0 aliphatic heterocycles. The quantitative estimate of drug-likeness (QED) is 0.742. The highest BCUT2D eigenvalue weighted by Crippen LogP contribution is 2.40. The average molecular weight is 243 g/mol. The predicted molar refractivity (Wildman–Crippen MR) is 56.1 cm³/mol. The monoisotopic (exact) mass is 242 g/mol. The summed E-state index contributed by atoms with van der Waals surface area (Å²) >= 11 is 5.15. The molecule has 62 valence electrons. The molecule has 0 unspecified atom stereocenters. The van der Waals surface area contributed by atoms with Gasteiger partial charge in [-0.15, -0.1) is 0 Å². The van der Waals surface area contributed by atoms with E-state index in [1.807, 2.05) is 12.1 Å². The number of fused-ring (bicyclic) bond motifs is 1.